The highest BCUT2D eigenvalue weighted by atomic mass is 19.2. The van der Waals surface area contributed by atoms with Gasteiger partial charge in [-0.3, -0.25) is 4.79 Å². The van der Waals surface area contributed by atoms with Gasteiger partial charge in [0.05, 0.1) is 5.69 Å². The highest BCUT2D eigenvalue weighted by Gasteiger charge is 2.27. The van der Waals surface area contributed by atoms with Crippen LogP contribution in [0.3, 0.4) is 0 Å². The molecule has 0 bridgehead atoms. The molecule has 8 nitrogen and oxygen atoms in total. The second-order valence-corrected chi connectivity index (χ2v) is 12.7. The van der Waals surface area contributed by atoms with Gasteiger partial charge >= 0.3 is 12.2 Å². The number of carbonyl (C=O) groups excluding carboxylic acids is 3. The van der Waals surface area contributed by atoms with Crippen LogP contribution >= 0.6 is 0 Å². The molecule has 44 heavy (non-hydrogen) atoms. The van der Waals surface area contributed by atoms with Crippen LogP contribution in [0.2, 0.25) is 0 Å². The Bertz CT molecular complexity index is 1520. The molecule has 0 aromatic heterocycles. The number of hydrogen-bond acceptors (Lipinski definition) is 5. The first-order valence-corrected chi connectivity index (χ1v) is 14.5. The first-order chi connectivity index (χ1) is 20.5. The lowest BCUT2D eigenvalue weighted by Crippen LogP contribution is -2.39. The van der Waals surface area contributed by atoms with E-state index in [-0.39, 0.29) is 42.0 Å². The highest BCUT2D eigenvalue weighted by molar-refractivity contribution is 6.04. The molecule has 0 saturated carbocycles. The van der Waals surface area contributed by atoms with Crippen LogP contribution in [0.25, 0.3) is 11.1 Å². The molecule has 2 aliphatic rings. The zero-order valence-electron chi connectivity index (χ0n) is 25.9. The summed E-state index contributed by atoms with van der Waals surface area (Å²) in [5.74, 6) is -3.84. The number of nitrogens with one attached hydrogen (secondary N) is 1. The van der Waals surface area contributed by atoms with Crippen molar-refractivity contribution >= 4 is 34.9 Å². The number of rotatable bonds is 4. The first kappa shape index (κ1) is 32.6. The fraction of sp³-hybridized carbons (Fsp3) is 0.424. The second-order valence-electron chi connectivity index (χ2n) is 12.7. The van der Waals surface area contributed by atoms with Crippen molar-refractivity contribution in [1.82, 2.24) is 9.80 Å². The predicted octanol–water partition coefficient (Wildman–Crippen LogP) is 7.40. The molecule has 0 aliphatic carbocycles. The molecular weight excluding hydrogens is 575 g/mol. The number of anilines is 1. The molecule has 236 valence electrons. The lowest BCUT2D eigenvalue weighted by atomic mass is 9.97. The van der Waals surface area contributed by atoms with Crippen LogP contribution in [0.5, 0.6) is 0 Å². The molecule has 1 N–H and O–H groups in total. The largest absolute Gasteiger partial charge is 0.444 e. The van der Waals surface area contributed by atoms with Gasteiger partial charge in [0.25, 0.3) is 5.91 Å². The molecule has 2 aliphatic heterocycles. The second kappa shape index (κ2) is 12.8. The van der Waals surface area contributed by atoms with Crippen LogP contribution in [0.4, 0.5) is 28.4 Å². The summed E-state index contributed by atoms with van der Waals surface area (Å²) >= 11 is 0. The summed E-state index contributed by atoms with van der Waals surface area (Å²) in [5, 5.41) is 2.32. The normalized spacial score (nSPS) is 15.8. The molecule has 4 rings (SSSR count). The minimum absolute atomic E-state index is 0.0331. The predicted molar refractivity (Wildman–Crippen MR) is 162 cm³/mol. The van der Waals surface area contributed by atoms with Crippen molar-refractivity contribution in [2.24, 2.45) is 0 Å². The van der Waals surface area contributed by atoms with Crippen LogP contribution in [0, 0.1) is 17.5 Å². The van der Waals surface area contributed by atoms with Gasteiger partial charge in [0, 0.05) is 42.9 Å². The zero-order chi connectivity index (χ0) is 32.4. The molecule has 0 saturated heterocycles. The van der Waals surface area contributed by atoms with E-state index < -0.39 is 46.7 Å². The lowest BCUT2D eigenvalue weighted by Gasteiger charge is -2.29. The number of benzene rings is 2. The summed E-state index contributed by atoms with van der Waals surface area (Å²) in [4.78, 5) is 40.4. The Balaban J connectivity index is 1.41. The Kier molecular flexibility index (Phi) is 9.46. The fourth-order valence-corrected chi connectivity index (χ4v) is 4.82. The molecule has 2 aromatic rings. The van der Waals surface area contributed by atoms with E-state index in [4.69, 9.17) is 9.47 Å². The van der Waals surface area contributed by atoms with E-state index >= 15 is 13.2 Å². The molecule has 3 amide bonds. The molecule has 11 heteroatoms. The van der Waals surface area contributed by atoms with Crippen molar-refractivity contribution in [2.75, 3.05) is 31.5 Å². The summed E-state index contributed by atoms with van der Waals surface area (Å²) < 4.78 is 55.9. The molecule has 0 fully saturated rings. The van der Waals surface area contributed by atoms with Gasteiger partial charge in [-0.05, 0) is 89.8 Å². The quantitative estimate of drug-likeness (QED) is 0.388. The van der Waals surface area contributed by atoms with Crippen molar-refractivity contribution < 1.29 is 37.0 Å². The van der Waals surface area contributed by atoms with Crippen molar-refractivity contribution in [3.05, 3.63) is 76.6 Å². The van der Waals surface area contributed by atoms with Crippen LogP contribution in [-0.4, -0.2) is 65.3 Å². The summed E-state index contributed by atoms with van der Waals surface area (Å²) in [6, 6.07) is 6.51. The first-order valence-electron chi connectivity index (χ1n) is 14.5. The maximum Gasteiger partial charge on any atom is 0.410 e. The maximum absolute atomic E-state index is 15.1. The minimum Gasteiger partial charge on any atom is -0.444 e. The van der Waals surface area contributed by atoms with Gasteiger partial charge in [-0.15, -0.1) is 0 Å². The Morgan fingerprint density at radius 2 is 1.23 bits per heavy atom. The summed E-state index contributed by atoms with van der Waals surface area (Å²) in [7, 11) is 0. The van der Waals surface area contributed by atoms with Crippen LogP contribution in [0.15, 0.2) is 42.5 Å². The summed E-state index contributed by atoms with van der Waals surface area (Å²) in [5.41, 5.74) is -0.190. The van der Waals surface area contributed by atoms with Crippen LogP contribution in [0.1, 0.15) is 75.9 Å². The number of hydrogen-bond donors (Lipinski definition) is 1. The number of ether oxygens (including phenoxy) is 2. The Hall–Kier alpha value is -4.28. The highest BCUT2D eigenvalue weighted by Crippen LogP contribution is 2.31. The molecular formula is C33H38F3N3O5. The van der Waals surface area contributed by atoms with E-state index in [9.17, 15) is 14.4 Å². The SMILES string of the molecule is CC(C)(C)OC(=O)N1CC=C(c2ccc(C(=O)Nc3ccc(C4=CCN(C(=O)OC(C)(C)C)CC4)c(F)c3F)cc2F)CC1. The molecule has 2 aromatic carbocycles. The van der Waals surface area contributed by atoms with E-state index in [0.717, 1.165) is 6.07 Å². The van der Waals surface area contributed by atoms with Gasteiger partial charge in [-0.2, -0.15) is 0 Å². The van der Waals surface area contributed by atoms with Crippen molar-refractivity contribution in [1.29, 1.82) is 0 Å². The van der Waals surface area contributed by atoms with Gasteiger partial charge < -0.3 is 24.6 Å². The maximum atomic E-state index is 15.1. The van der Waals surface area contributed by atoms with Crippen molar-refractivity contribution in [3.8, 4) is 0 Å². The smallest absolute Gasteiger partial charge is 0.410 e. The average Bonchev–Trinajstić information content (AvgIpc) is 2.94. The van der Waals surface area contributed by atoms with Crippen molar-refractivity contribution in [3.63, 3.8) is 0 Å². The topological polar surface area (TPSA) is 88.2 Å². The zero-order valence-corrected chi connectivity index (χ0v) is 25.9. The molecule has 2 heterocycles. The van der Waals surface area contributed by atoms with E-state index in [2.05, 4.69) is 5.32 Å². The Morgan fingerprint density at radius 1 is 0.727 bits per heavy atom. The van der Waals surface area contributed by atoms with E-state index in [0.29, 0.717) is 30.5 Å². The summed E-state index contributed by atoms with van der Waals surface area (Å²) in [6.07, 6.45) is 3.14. The van der Waals surface area contributed by atoms with Crippen LogP contribution < -0.4 is 5.32 Å². The van der Waals surface area contributed by atoms with E-state index in [1.54, 1.807) is 53.7 Å². The molecule has 0 atom stereocenters. The van der Waals surface area contributed by atoms with E-state index in [1.165, 1.54) is 34.1 Å². The standard InChI is InChI=1S/C33H38F3N3O5/c1-32(2,3)43-30(41)38-15-11-20(12-16-38)23-8-7-22(19-25(23)34)29(40)37-26-10-9-24(27(35)28(26)36)21-13-17-39(18-14-21)31(42)44-33(4,5)6/h7-11,13,19H,12,14-18H2,1-6H3,(H,37,40). The third-order valence-electron chi connectivity index (χ3n) is 6.98. The third kappa shape index (κ3) is 8.00. The monoisotopic (exact) mass is 613 g/mol. The molecule has 0 unspecified atom stereocenters. The van der Waals surface area contributed by atoms with Crippen molar-refractivity contribution in [2.45, 2.75) is 65.6 Å². The average molecular weight is 614 g/mol. The lowest BCUT2D eigenvalue weighted by molar-refractivity contribution is 0.0260. The van der Waals surface area contributed by atoms with Crippen LogP contribution in [-0.2, 0) is 9.47 Å². The van der Waals surface area contributed by atoms with Gasteiger partial charge in [-0.1, -0.05) is 18.2 Å². The van der Waals surface area contributed by atoms with Gasteiger partial charge in [-0.25, -0.2) is 22.8 Å². The van der Waals surface area contributed by atoms with Gasteiger partial charge in [0.1, 0.15) is 17.0 Å². The Morgan fingerprint density at radius 3 is 1.68 bits per heavy atom. The van der Waals surface area contributed by atoms with Gasteiger partial charge in [0.2, 0.25) is 0 Å². The number of nitrogens with zero attached hydrogens (tertiary/aromatic N) is 2. The number of amides is 3. The fourth-order valence-electron chi connectivity index (χ4n) is 4.82. The number of halogens is 3. The summed E-state index contributed by atoms with van der Waals surface area (Å²) in [6.45, 7) is 11.7. The van der Waals surface area contributed by atoms with Gasteiger partial charge in [0.15, 0.2) is 11.6 Å². The third-order valence-corrected chi connectivity index (χ3v) is 6.98. The molecule has 0 spiro atoms. The minimum atomic E-state index is -1.25. The van der Waals surface area contributed by atoms with E-state index in [1.807, 2.05) is 0 Å². The number of carbonyl (C=O) groups is 3. The molecule has 0 radical (unpaired) electrons. The Labute approximate surface area is 255 Å².